The average molecular weight is 454 g/mol. The van der Waals surface area contributed by atoms with Crippen molar-refractivity contribution in [1.82, 2.24) is 4.98 Å². The number of nitrogens with zero attached hydrogens (tertiary/aromatic N) is 1. The molecule has 1 heterocycles. The van der Waals surface area contributed by atoms with Crippen molar-refractivity contribution in [3.63, 3.8) is 0 Å². The lowest BCUT2D eigenvalue weighted by Crippen LogP contribution is -2.42. The second-order valence-electron chi connectivity index (χ2n) is 10.2. The van der Waals surface area contributed by atoms with Crippen LogP contribution in [0.5, 0.6) is 0 Å². The number of unbranched alkanes of at least 4 members (excludes halogenated alkanes) is 13. The van der Waals surface area contributed by atoms with Gasteiger partial charge in [-0.2, -0.15) is 0 Å². The molecule has 2 rings (SSSR count). The van der Waals surface area contributed by atoms with Gasteiger partial charge in [0.2, 0.25) is 6.33 Å². The Morgan fingerprint density at radius 3 is 1.79 bits per heavy atom. The number of hydrogen-bond acceptors (Lipinski definition) is 0. The van der Waals surface area contributed by atoms with Crippen LogP contribution in [0.4, 0.5) is 0 Å². The van der Waals surface area contributed by atoms with E-state index in [9.17, 15) is 0 Å². The zero-order valence-corrected chi connectivity index (χ0v) is 21.9. The Labute approximate surface area is 205 Å². The fourth-order valence-corrected chi connectivity index (χ4v) is 5.33. The zero-order chi connectivity index (χ0) is 23.4. The van der Waals surface area contributed by atoms with Crippen LogP contribution in [0.15, 0.2) is 49.1 Å². The van der Waals surface area contributed by atoms with E-state index in [2.05, 4.69) is 72.5 Å². The highest BCUT2D eigenvalue weighted by molar-refractivity contribution is 5.15. The van der Waals surface area contributed by atoms with Gasteiger partial charge in [-0.25, -0.2) is 4.57 Å². The van der Waals surface area contributed by atoms with Crippen LogP contribution >= 0.6 is 0 Å². The monoisotopic (exact) mass is 453 g/mol. The summed E-state index contributed by atoms with van der Waals surface area (Å²) in [6.07, 6.45) is 31.5. The van der Waals surface area contributed by atoms with E-state index in [0.29, 0.717) is 12.0 Å². The third kappa shape index (κ3) is 12.5. The molecule has 0 aliphatic carbocycles. The number of aromatic nitrogens is 2. The zero-order valence-electron chi connectivity index (χ0n) is 21.9. The molecule has 0 spiro atoms. The molecule has 33 heavy (non-hydrogen) atoms. The summed E-state index contributed by atoms with van der Waals surface area (Å²) >= 11 is 0. The van der Waals surface area contributed by atoms with E-state index in [4.69, 9.17) is 0 Å². The fraction of sp³-hybridized carbons (Fsp3) is 0.710. The number of rotatable bonds is 21. The maximum Gasteiger partial charge on any atom is 0.241 e. The molecular formula is C31H53N2+. The molecule has 0 fully saturated rings. The van der Waals surface area contributed by atoms with Gasteiger partial charge in [-0.1, -0.05) is 134 Å². The molecule has 2 nitrogen and oxygen atoms in total. The van der Waals surface area contributed by atoms with Crippen molar-refractivity contribution in [3.8, 4) is 0 Å². The minimum Gasteiger partial charge on any atom is -0.250 e. The van der Waals surface area contributed by atoms with Crippen LogP contribution < -0.4 is 4.57 Å². The fourth-order valence-electron chi connectivity index (χ4n) is 5.33. The molecule has 1 aromatic heterocycles. The topological polar surface area (TPSA) is 19.7 Å². The lowest BCUT2D eigenvalue weighted by Gasteiger charge is -2.25. The van der Waals surface area contributed by atoms with E-state index in [0.717, 1.165) is 0 Å². The first-order valence-electron chi connectivity index (χ1n) is 14.4. The van der Waals surface area contributed by atoms with Crippen molar-refractivity contribution in [2.75, 3.05) is 0 Å². The average Bonchev–Trinajstić information content (AvgIpc) is 3.37. The van der Waals surface area contributed by atoms with Crippen LogP contribution in [-0.2, 0) is 6.42 Å². The maximum atomic E-state index is 3.30. The van der Waals surface area contributed by atoms with Gasteiger partial charge < -0.3 is 0 Å². The predicted octanol–water partition coefficient (Wildman–Crippen LogP) is 9.37. The summed E-state index contributed by atoms with van der Waals surface area (Å²) < 4.78 is 2.46. The van der Waals surface area contributed by atoms with Crippen molar-refractivity contribution in [1.29, 1.82) is 0 Å². The van der Waals surface area contributed by atoms with E-state index in [-0.39, 0.29) is 0 Å². The number of aromatic amines is 1. The minimum atomic E-state index is 0.607. The SMILES string of the molecule is CCCCCCCCCCCCCCC(Cc1ccccc1)C(CCCCC)[n+]1cc[nH]c1. The van der Waals surface area contributed by atoms with Crippen LogP contribution in [0.3, 0.4) is 0 Å². The second kappa shape index (κ2) is 18.8. The molecule has 0 radical (unpaired) electrons. The molecule has 2 heteroatoms. The number of nitrogens with one attached hydrogen (secondary N) is 1. The molecule has 1 aromatic carbocycles. The number of H-pyrrole nitrogens is 1. The summed E-state index contributed by atoms with van der Waals surface area (Å²) in [4.78, 5) is 3.30. The van der Waals surface area contributed by atoms with Crippen LogP contribution in [0.2, 0.25) is 0 Å². The van der Waals surface area contributed by atoms with E-state index in [1.54, 1.807) is 0 Å². The summed E-state index contributed by atoms with van der Waals surface area (Å²) in [5.41, 5.74) is 1.50. The molecule has 2 unspecified atom stereocenters. The minimum absolute atomic E-state index is 0.607. The summed E-state index contributed by atoms with van der Waals surface area (Å²) in [5.74, 6) is 0.716. The summed E-state index contributed by atoms with van der Waals surface area (Å²) in [6, 6.07) is 11.8. The van der Waals surface area contributed by atoms with Gasteiger partial charge in [0, 0.05) is 5.92 Å². The van der Waals surface area contributed by atoms with Gasteiger partial charge in [-0.3, -0.25) is 4.98 Å². The molecule has 0 saturated carbocycles. The summed E-state index contributed by atoms with van der Waals surface area (Å²) in [7, 11) is 0. The number of hydrogen-bond donors (Lipinski definition) is 1. The van der Waals surface area contributed by atoms with Crippen LogP contribution in [0, 0.1) is 5.92 Å². The Morgan fingerprint density at radius 2 is 1.21 bits per heavy atom. The first-order valence-corrected chi connectivity index (χ1v) is 14.4. The van der Waals surface area contributed by atoms with Gasteiger partial charge in [-0.15, -0.1) is 0 Å². The van der Waals surface area contributed by atoms with Gasteiger partial charge in [0.25, 0.3) is 0 Å². The van der Waals surface area contributed by atoms with E-state index in [1.165, 1.54) is 121 Å². The first kappa shape index (κ1) is 27.7. The Balaban J connectivity index is 1.76. The molecule has 186 valence electrons. The molecule has 1 N–H and O–H groups in total. The lowest BCUT2D eigenvalue weighted by atomic mass is 9.84. The highest BCUT2D eigenvalue weighted by Crippen LogP contribution is 2.28. The largest absolute Gasteiger partial charge is 0.250 e. The Kier molecular flexibility index (Phi) is 15.8. The van der Waals surface area contributed by atoms with Gasteiger partial charge >= 0.3 is 0 Å². The molecule has 0 amide bonds. The van der Waals surface area contributed by atoms with Crippen LogP contribution in [0.1, 0.15) is 135 Å². The highest BCUT2D eigenvalue weighted by Gasteiger charge is 2.26. The van der Waals surface area contributed by atoms with Gasteiger partial charge in [0.15, 0.2) is 0 Å². The van der Waals surface area contributed by atoms with Crippen molar-refractivity contribution in [2.45, 2.75) is 135 Å². The van der Waals surface area contributed by atoms with Crippen molar-refractivity contribution in [2.24, 2.45) is 5.92 Å². The quantitative estimate of drug-likeness (QED) is 0.143. The van der Waals surface area contributed by atoms with Crippen molar-refractivity contribution >= 4 is 0 Å². The smallest absolute Gasteiger partial charge is 0.241 e. The van der Waals surface area contributed by atoms with E-state index >= 15 is 0 Å². The van der Waals surface area contributed by atoms with Gasteiger partial charge in [-0.05, 0) is 31.2 Å². The molecule has 0 bridgehead atoms. The molecule has 0 aliphatic heterocycles. The highest BCUT2D eigenvalue weighted by atomic mass is 15.1. The van der Waals surface area contributed by atoms with Gasteiger partial charge in [0.1, 0.15) is 18.4 Å². The molecule has 0 saturated heterocycles. The second-order valence-corrected chi connectivity index (χ2v) is 10.2. The third-order valence-electron chi connectivity index (χ3n) is 7.37. The van der Waals surface area contributed by atoms with E-state index in [1.807, 2.05) is 0 Å². The molecule has 0 aliphatic rings. The third-order valence-corrected chi connectivity index (χ3v) is 7.37. The normalized spacial score (nSPS) is 13.3. The van der Waals surface area contributed by atoms with Crippen molar-refractivity contribution < 1.29 is 4.57 Å². The van der Waals surface area contributed by atoms with Crippen LogP contribution in [0.25, 0.3) is 0 Å². The molecule has 2 atom stereocenters. The molecular weight excluding hydrogens is 400 g/mol. The van der Waals surface area contributed by atoms with Crippen LogP contribution in [-0.4, -0.2) is 4.98 Å². The number of imidazole rings is 1. The lowest BCUT2D eigenvalue weighted by molar-refractivity contribution is -0.730. The number of benzene rings is 1. The summed E-state index contributed by atoms with van der Waals surface area (Å²) in [6.45, 7) is 4.61. The summed E-state index contributed by atoms with van der Waals surface area (Å²) in [5, 5.41) is 0. The Hall–Kier alpha value is -1.57. The maximum absolute atomic E-state index is 3.30. The standard InChI is InChI=1S/C31H52N2/c1-3-5-7-8-9-10-11-12-13-14-15-20-23-30(27-29-21-18-16-19-22-29)31(24-17-6-4-2)33-26-25-32-28-33/h16,18-19,21-22,25-26,28,30-31H,3-15,17,20,23-24,27H2,1-2H3/p+1. The van der Waals surface area contributed by atoms with Gasteiger partial charge in [0.05, 0.1) is 0 Å². The van der Waals surface area contributed by atoms with E-state index < -0.39 is 0 Å². The Bertz CT molecular complexity index is 649. The Morgan fingerprint density at radius 1 is 0.667 bits per heavy atom. The molecule has 2 aromatic rings. The van der Waals surface area contributed by atoms with Crippen molar-refractivity contribution in [3.05, 3.63) is 54.6 Å². The predicted molar refractivity (Wildman–Crippen MR) is 143 cm³/mol. The first-order chi connectivity index (χ1) is 16.3.